The predicted molar refractivity (Wildman–Crippen MR) is 120 cm³/mol. The second-order valence-electron chi connectivity index (χ2n) is 8.23. The lowest BCUT2D eigenvalue weighted by molar-refractivity contribution is -0.140. The van der Waals surface area contributed by atoms with E-state index < -0.39 is 0 Å². The number of hydrogen-bond donors (Lipinski definition) is 0. The van der Waals surface area contributed by atoms with Crippen LogP contribution in [0.15, 0.2) is 24.4 Å². The highest BCUT2D eigenvalue weighted by atomic mass is 35.5. The fourth-order valence-corrected chi connectivity index (χ4v) is 4.97. The van der Waals surface area contributed by atoms with E-state index in [2.05, 4.69) is 9.88 Å². The second kappa shape index (κ2) is 9.22. The van der Waals surface area contributed by atoms with E-state index in [0.717, 1.165) is 41.3 Å². The first-order valence-electron chi connectivity index (χ1n) is 10.8. The predicted octanol–water partition coefficient (Wildman–Crippen LogP) is 2.54. The fourth-order valence-electron chi connectivity index (χ4n) is 4.69. The zero-order chi connectivity index (χ0) is 22.0. The molecule has 0 saturated carbocycles. The Morgan fingerprint density at radius 3 is 2.48 bits per heavy atom. The zero-order valence-electron chi connectivity index (χ0n) is 17.7. The lowest BCUT2D eigenvalue weighted by atomic mass is 9.95. The van der Waals surface area contributed by atoms with Gasteiger partial charge in [0.1, 0.15) is 6.29 Å². The summed E-state index contributed by atoms with van der Waals surface area (Å²) in [5, 5.41) is 1.46. The standard InChI is InChI=1S/C23H27ClN4O3/c1-16(30)26-8-4-17(5-9-26)23(31)28-12-10-27(11-13-28)22-18(6-14-29)15-20(24)19-3-2-7-25-21(19)22/h2-3,7,14-15,17H,4-6,8-13H2,1H3. The molecule has 1 aromatic heterocycles. The zero-order valence-corrected chi connectivity index (χ0v) is 18.5. The van der Waals surface area contributed by atoms with Crippen molar-refractivity contribution in [1.29, 1.82) is 0 Å². The fraction of sp³-hybridized carbons (Fsp3) is 0.478. The van der Waals surface area contributed by atoms with E-state index in [-0.39, 0.29) is 24.2 Å². The van der Waals surface area contributed by atoms with Crippen molar-refractivity contribution in [1.82, 2.24) is 14.8 Å². The van der Waals surface area contributed by atoms with E-state index in [1.807, 2.05) is 28.0 Å². The van der Waals surface area contributed by atoms with Gasteiger partial charge in [0.25, 0.3) is 0 Å². The molecule has 2 amide bonds. The minimum Gasteiger partial charge on any atom is -0.366 e. The molecular weight excluding hydrogens is 416 g/mol. The largest absolute Gasteiger partial charge is 0.366 e. The molecule has 164 valence electrons. The maximum absolute atomic E-state index is 13.0. The van der Waals surface area contributed by atoms with Crippen LogP contribution in [-0.2, 0) is 20.8 Å². The molecule has 0 unspecified atom stereocenters. The van der Waals surface area contributed by atoms with Gasteiger partial charge in [-0.15, -0.1) is 0 Å². The van der Waals surface area contributed by atoms with Crippen LogP contribution in [0.25, 0.3) is 10.9 Å². The van der Waals surface area contributed by atoms with Gasteiger partial charge >= 0.3 is 0 Å². The van der Waals surface area contributed by atoms with E-state index in [1.165, 1.54) is 0 Å². The van der Waals surface area contributed by atoms with Gasteiger partial charge in [-0.1, -0.05) is 11.6 Å². The summed E-state index contributed by atoms with van der Waals surface area (Å²) >= 11 is 6.44. The van der Waals surface area contributed by atoms with E-state index in [0.29, 0.717) is 44.3 Å². The Balaban J connectivity index is 1.48. The molecule has 0 aliphatic carbocycles. The van der Waals surface area contributed by atoms with Gasteiger partial charge < -0.3 is 19.5 Å². The smallest absolute Gasteiger partial charge is 0.225 e. The summed E-state index contributed by atoms with van der Waals surface area (Å²) in [5.41, 5.74) is 2.60. The molecule has 2 fully saturated rings. The van der Waals surface area contributed by atoms with Crippen molar-refractivity contribution in [3.05, 3.63) is 35.0 Å². The van der Waals surface area contributed by atoms with Crippen molar-refractivity contribution in [2.24, 2.45) is 5.92 Å². The summed E-state index contributed by atoms with van der Waals surface area (Å²) < 4.78 is 0. The molecule has 7 nitrogen and oxygen atoms in total. The van der Waals surface area contributed by atoms with Gasteiger partial charge in [-0.3, -0.25) is 14.6 Å². The number of aldehydes is 1. The third-order valence-electron chi connectivity index (χ3n) is 6.39. The second-order valence-corrected chi connectivity index (χ2v) is 8.64. The molecule has 0 spiro atoms. The van der Waals surface area contributed by atoms with Crippen LogP contribution in [0.3, 0.4) is 0 Å². The molecule has 2 aromatic rings. The quantitative estimate of drug-likeness (QED) is 0.680. The van der Waals surface area contributed by atoms with Crippen LogP contribution < -0.4 is 4.90 Å². The number of aromatic nitrogens is 1. The Labute approximate surface area is 186 Å². The highest BCUT2D eigenvalue weighted by molar-refractivity contribution is 6.36. The number of carbonyl (C=O) groups is 3. The molecule has 8 heteroatoms. The molecular formula is C23H27ClN4O3. The Morgan fingerprint density at radius 2 is 1.84 bits per heavy atom. The summed E-state index contributed by atoms with van der Waals surface area (Å²) in [7, 11) is 0. The highest BCUT2D eigenvalue weighted by Gasteiger charge is 2.31. The van der Waals surface area contributed by atoms with Crippen LogP contribution in [0.1, 0.15) is 25.3 Å². The van der Waals surface area contributed by atoms with Crippen molar-refractivity contribution < 1.29 is 14.4 Å². The van der Waals surface area contributed by atoms with E-state index in [9.17, 15) is 14.4 Å². The summed E-state index contributed by atoms with van der Waals surface area (Å²) in [5.74, 6) is 0.260. The Hall–Kier alpha value is -2.67. The first-order chi connectivity index (χ1) is 15.0. The number of nitrogens with zero attached hydrogens (tertiary/aromatic N) is 4. The number of carbonyl (C=O) groups excluding carboxylic acids is 3. The molecule has 2 saturated heterocycles. The molecule has 3 heterocycles. The number of hydrogen-bond acceptors (Lipinski definition) is 5. The number of rotatable bonds is 4. The van der Waals surface area contributed by atoms with Crippen LogP contribution in [0, 0.1) is 5.92 Å². The molecule has 4 rings (SSSR count). The molecule has 1 aromatic carbocycles. The van der Waals surface area contributed by atoms with Crippen LogP contribution in [0.5, 0.6) is 0 Å². The lowest BCUT2D eigenvalue weighted by Gasteiger charge is -2.40. The number of fused-ring (bicyclic) bond motifs is 1. The van der Waals surface area contributed by atoms with Crippen LogP contribution in [0.2, 0.25) is 5.02 Å². The molecule has 0 N–H and O–H groups in total. The maximum Gasteiger partial charge on any atom is 0.225 e. The van der Waals surface area contributed by atoms with Gasteiger partial charge in [-0.25, -0.2) is 0 Å². The average Bonchev–Trinajstić information content (AvgIpc) is 2.79. The van der Waals surface area contributed by atoms with E-state index in [1.54, 1.807) is 13.1 Å². The van der Waals surface area contributed by atoms with Crippen molar-refractivity contribution >= 4 is 46.3 Å². The highest BCUT2D eigenvalue weighted by Crippen LogP contribution is 2.35. The Bertz CT molecular complexity index is 996. The Kier molecular flexibility index (Phi) is 6.41. The monoisotopic (exact) mass is 442 g/mol. The van der Waals surface area contributed by atoms with Crippen LogP contribution in [0.4, 0.5) is 5.69 Å². The minimum absolute atomic E-state index is 0.00852. The van der Waals surface area contributed by atoms with Gasteiger partial charge in [0, 0.05) is 70.1 Å². The topological polar surface area (TPSA) is 73.8 Å². The van der Waals surface area contributed by atoms with Crippen LogP contribution in [-0.4, -0.2) is 72.2 Å². The number of piperidine rings is 1. The molecule has 0 atom stereocenters. The molecule has 31 heavy (non-hydrogen) atoms. The van der Waals surface area contributed by atoms with Crippen molar-refractivity contribution in [3.63, 3.8) is 0 Å². The normalized spacial score (nSPS) is 17.8. The molecule has 2 aliphatic rings. The number of likely N-dealkylation sites (tertiary alicyclic amines) is 1. The van der Waals surface area contributed by atoms with Gasteiger partial charge in [0.15, 0.2) is 0 Å². The molecule has 2 aliphatic heterocycles. The van der Waals surface area contributed by atoms with E-state index in [4.69, 9.17) is 11.6 Å². The maximum atomic E-state index is 13.0. The number of anilines is 1. The number of piperazine rings is 1. The van der Waals surface area contributed by atoms with Crippen LogP contribution >= 0.6 is 11.6 Å². The Morgan fingerprint density at radius 1 is 1.13 bits per heavy atom. The number of amides is 2. The van der Waals surface area contributed by atoms with Gasteiger partial charge in [-0.05, 0) is 36.6 Å². The average molecular weight is 443 g/mol. The van der Waals surface area contributed by atoms with E-state index >= 15 is 0 Å². The summed E-state index contributed by atoms with van der Waals surface area (Å²) in [6.07, 6.45) is 4.36. The number of pyridine rings is 1. The van der Waals surface area contributed by atoms with Crippen molar-refractivity contribution in [3.8, 4) is 0 Å². The van der Waals surface area contributed by atoms with Gasteiger partial charge in [0.2, 0.25) is 11.8 Å². The van der Waals surface area contributed by atoms with Crippen molar-refractivity contribution in [2.45, 2.75) is 26.2 Å². The van der Waals surface area contributed by atoms with Gasteiger partial charge in [0.05, 0.1) is 16.2 Å². The first kappa shape index (κ1) is 21.6. The third kappa shape index (κ3) is 4.37. The lowest BCUT2D eigenvalue weighted by Crippen LogP contribution is -2.52. The number of benzene rings is 1. The van der Waals surface area contributed by atoms with Gasteiger partial charge in [-0.2, -0.15) is 0 Å². The number of halogens is 1. The summed E-state index contributed by atoms with van der Waals surface area (Å²) in [6.45, 7) is 5.50. The first-order valence-corrected chi connectivity index (χ1v) is 11.2. The minimum atomic E-state index is -0.00852. The van der Waals surface area contributed by atoms with Crippen molar-refractivity contribution in [2.75, 3.05) is 44.2 Å². The third-order valence-corrected chi connectivity index (χ3v) is 6.71. The molecule has 0 radical (unpaired) electrons. The summed E-state index contributed by atoms with van der Waals surface area (Å²) in [4.78, 5) is 46.4. The SMILES string of the molecule is CC(=O)N1CCC(C(=O)N2CCN(c3c(CC=O)cc(Cl)c4cccnc34)CC2)CC1. The summed E-state index contributed by atoms with van der Waals surface area (Å²) in [6, 6.07) is 5.65. The molecule has 0 bridgehead atoms.